The molecule has 1 rings (SSSR count). The summed E-state index contributed by atoms with van der Waals surface area (Å²) >= 11 is 5.85. The highest BCUT2D eigenvalue weighted by atomic mass is 35.5. The Labute approximate surface area is 109 Å². The van der Waals surface area contributed by atoms with Crippen LogP contribution in [0.1, 0.15) is 13.8 Å². The van der Waals surface area contributed by atoms with E-state index >= 15 is 0 Å². The SMILES string of the molecule is CC(C)[C@H](N)C(=O)Nc1cc([N+](=O)[O-])ccc1Cl. The van der Waals surface area contributed by atoms with Gasteiger partial charge in [-0.25, -0.2) is 0 Å². The number of non-ortho nitro benzene ring substituents is 1. The van der Waals surface area contributed by atoms with Crippen molar-refractivity contribution in [2.24, 2.45) is 11.7 Å². The number of hydrogen-bond donors (Lipinski definition) is 2. The van der Waals surface area contributed by atoms with E-state index in [2.05, 4.69) is 5.32 Å². The van der Waals surface area contributed by atoms with Crippen LogP contribution >= 0.6 is 11.6 Å². The molecule has 0 aliphatic heterocycles. The number of nitro groups is 1. The highest BCUT2D eigenvalue weighted by molar-refractivity contribution is 6.33. The van der Waals surface area contributed by atoms with Gasteiger partial charge in [0.1, 0.15) is 0 Å². The molecule has 0 fully saturated rings. The molecule has 1 amide bonds. The van der Waals surface area contributed by atoms with Crippen molar-refractivity contribution in [1.29, 1.82) is 0 Å². The lowest BCUT2D eigenvalue weighted by Gasteiger charge is -2.15. The minimum atomic E-state index is -0.694. The maximum Gasteiger partial charge on any atom is 0.271 e. The average Bonchev–Trinajstić information content (AvgIpc) is 2.30. The molecule has 98 valence electrons. The van der Waals surface area contributed by atoms with Crippen molar-refractivity contribution in [3.05, 3.63) is 33.3 Å². The standard InChI is InChI=1S/C11H14ClN3O3/c1-6(2)10(13)11(16)14-9-5-7(15(17)18)3-4-8(9)12/h3-6,10H,13H2,1-2H3,(H,14,16)/t10-/m0/s1. The number of nitrogens with zero attached hydrogens (tertiary/aromatic N) is 1. The van der Waals surface area contributed by atoms with Gasteiger partial charge in [0, 0.05) is 12.1 Å². The molecule has 0 spiro atoms. The largest absolute Gasteiger partial charge is 0.323 e. The smallest absolute Gasteiger partial charge is 0.271 e. The first-order valence-corrected chi connectivity index (χ1v) is 5.71. The lowest BCUT2D eigenvalue weighted by atomic mass is 10.0. The fourth-order valence-corrected chi connectivity index (χ4v) is 1.41. The third-order valence-electron chi connectivity index (χ3n) is 2.44. The number of carbonyl (C=O) groups excluding carboxylic acids is 1. The molecule has 0 saturated carbocycles. The molecule has 1 atom stereocenters. The second kappa shape index (κ2) is 5.79. The van der Waals surface area contributed by atoms with E-state index in [0.29, 0.717) is 0 Å². The van der Waals surface area contributed by atoms with Gasteiger partial charge in [0.2, 0.25) is 5.91 Å². The van der Waals surface area contributed by atoms with Gasteiger partial charge in [-0.05, 0) is 12.0 Å². The number of nitro benzene ring substituents is 1. The lowest BCUT2D eigenvalue weighted by molar-refractivity contribution is -0.384. The number of anilines is 1. The molecule has 0 aliphatic rings. The van der Waals surface area contributed by atoms with Crippen LogP contribution < -0.4 is 11.1 Å². The van der Waals surface area contributed by atoms with Gasteiger partial charge in [0.05, 0.1) is 21.7 Å². The highest BCUT2D eigenvalue weighted by Gasteiger charge is 2.19. The van der Waals surface area contributed by atoms with Gasteiger partial charge in [-0.15, -0.1) is 0 Å². The third-order valence-corrected chi connectivity index (χ3v) is 2.77. The normalized spacial score (nSPS) is 12.3. The number of amides is 1. The first-order chi connectivity index (χ1) is 8.32. The van der Waals surface area contributed by atoms with Crippen molar-refractivity contribution < 1.29 is 9.72 Å². The van der Waals surface area contributed by atoms with E-state index in [4.69, 9.17) is 17.3 Å². The summed E-state index contributed by atoms with van der Waals surface area (Å²) in [4.78, 5) is 21.8. The molecule has 0 radical (unpaired) electrons. The Balaban J connectivity index is 2.93. The topological polar surface area (TPSA) is 98.3 Å². The van der Waals surface area contributed by atoms with Crippen molar-refractivity contribution in [3.63, 3.8) is 0 Å². The molecule has 1 aromatic rings. The molecular formula is C11H14ClN3O3. The van der Waals surface area contributed by atoms with E-state index in [1.807, 2.05) is 0 Å². The van der Waals surface area contributed by atoms with E-state index in [9.17, 15) is 14.9 Å². The second-order valence-electron chi connectivity index (χ2n) is 4.18. The summed E-state index contributed by atoms with van der Waals surface area (Å²) in [5.74, 6) is -0.463. The van der Waals surface area contributed by atoms with Gasteiger partial charge in [-0.3, -0.25) is 14.9 Å². The summed E-state index contributed by atoms with van der Waals surface area (Å²) in [7, 11) is 0. The summed E-state index contributed by atoms with van der Waals surface area (Å²) in [6.45, 7) is 3.61. The molecule has 6 nitrogen and oxygen atoms in total. The molecule has 0 bridgehead atoms. The number of hydrogen-bond acceptors (Lipinski definition) is 4. The zero-order valence-electron chi connectivity index (χ0n) is 10.0. The molecule has 1 aromatic carbocycles. The van der Waals surface area contributed by atoms with Crippen LogP contribution in [0, 0.1) is 16.0 Å². The quantitative estimate of drug-likeness (QED) is 0.647. The van der Waals surface area contributed by atoms with Crippen molar-refractivity contribution in [1.82, 2.24) is 0 Å². The number of halogens is 1. The second-order valence-corrected chi connectivity index (χ2v) is 4.59. The van der Waals surface area contributed by atoms with Gasteiger partial charge in [0.15, 0.2) is 0 Å². The summed E-state index contributed by atoms with van der Waals surface area (Å²) < 4.78 is 0. The zero-order valence-corrected chi connectivity index (χ0v) is 10.8. The number of nitrogens with two attached hydrogens (primary N) is 1. The Morgan fingerprint density at radius 2 is 2.11 bits per heavy atom. The molecule has 0 saturated heterocycles. The minimum Gasteiger partial charge on any atom is -0.323 e. The van der Waals surface area contributed by atoms with E-state index in [-0.39, 0.29) is 22.3 Å². The van der Waals surface area contributed by atoms with Crippen LogP contribution in [-0.2, 0) is 4.79 Å². The summed E-state index contributed by atoms with van der Waals surface area (Å²) in [5, 5.41) is 13.3. The fraction of sp³-hybridized carbons (Fsp3) is 0.364. The number of nitrogens with one attached hydrogen (secondary N) is 1. The van der Waals surface area contributed by atoms with Crippen LogP contribution in [0.5, 0.6) is 0 Å². The molecule has 0 aromatic heterocycles. The van der Waals surface area contributed by atoms with E-state index in [0.717, 1.165) is 0 Å². The monoisotopic (exact) mass is 271 g/mol. The molecule has 7 heteroatoms. The molecule has 0 unspecified atom stereocenters. The summed E-state index contributed by atoms with van der Waals surface area (Å²) in [6.07, 6.45) is 0. The van der Waals surface area contributed by atoms with E-state index in [1.54, 1.807) is 13.8 Å². The van der Waals surface area contributed by atoms with Crippen molar-refractivity contribution in [2.75, 3.05) is 5.32 Å². The van der Waals surface area contributed by atoms with Gasteiger partial charge in [-0.2, -0.15) is 0 Å². The molecular weight excluding hydrogens is 258 g/mol. The number of rotatable bonds is 4. The van der Waals surface area contributed by atoms with Crippen LogP contribution in [0.3, 0.4) is 0 Å². The van der Waals surface area contributed by atoms with Crippen molar-refractivity contribution in [2.45, 2.75) is 19.9 Å². The van der Waals surface area contributed by atoms with Crippen LogP contribution in [0.15, 0.2) is 18.2 Å². The highest BCUT2D eigenvalue weighted by Crippen LogP contribution is 2.26. The molecule has 18 heavy (non-hydrogen) atoms. The van der Waals surface area contributed by atoms with Crippen LogP contribution in [0.2, 0.25) is 5.02 Å². The fourth-order valence-electron chi connectivity index (χ4n) is 1.24. The Hall–Kier alpha value is -1.66. The minimum absolute atomic E-state index is 0.0394. The first kappa shape index (κ1) is 14.4. The van der Waals surface area contributed by atoms with Crippen LogP contribution in [0.4, 0.5) is 11.4 Å². The predicted octanol–water partition coefficient (Wildman–Crippen LogP) is 2.17. The Morgan fingerprint density at radius 3 is 2.61 bits per heavy atom. The third kappa shape index (κ3) is 3.41. The van der Waals surface area contributed by atoms with Crippen LogP contribution in [0.25, 0.3) is 0 Å². The van der Waals surface area contributed by atoms with E-state index in [1.165, 1.54) is 18.2 Å². The van der Waals surface area contributed by atoms with Crippen molar-refractivity contribution in [3.8, 4) is 0 Å². The lowest BCUT2D eigenvalue weighted by Crippen LogP contribution is -2.39. The van der Waals surface area contributed by atoms with Gasteiger partial charge >= 0.3 is 0 Å². The predicted molar refractivity (Wildman–Crippen MR) is 69.5 cm³/mol. The molecule has 3 N–H and O–H groups in total. The molecule has 0 aliphatic carbocycles. The summed E-state index contributed by atoms with van der Waals surface area (Å²) in [5.41, 5.74) is 5.71. The van der Waals surface area contributed by atoms with E-state index < -0.39 is 16.9 Å². The summed E-state index contributed by atoms with van der Waals surface area (Å²) in [6, 6.07) is 3.13. The first-order valence-electron chi connectivity index (χ1n) is 5.33. The van der Waals surface area contributed by atoms with Crippen molar-refractivity contribution >= 4 is 28.9 Å². The van der Waals surface area contributed by atoms with Crippen LogP contribution in [-0.4, -0.2) is 16.9 Å². The Morgan fingerprint density at radius 1 is 1.50 bits per heavy atom. The number of carbonyl (C=O) groups is 1. The molecule has 0 heterocycles. The zero-order chi connectivity index (χ0) is 13.9. The Kier molecular flexibility index (Phi) is 4.63. The maximum absolute atomic E-state index is 11.7. The maximum atomic E-state index is 11.7. The van der Waals surface area contributed by atoms with Gasteiger partial charge in [-0.1, -0.05) is 25.4 Å². The van der Waals surface area contributed by atoms with Gasteiger partial charge < -0.3 is 11.1 Å². The number of benzene rings is 1. The average molecular weight is 272 g/mol. The van der Waals surface area contributed by atoms with Gasteiger partial charge in [0.25, 0.3) is 5.69 Å². The Bertz CT molecular complexity index is 477.